The van der Waals surface area contributed by atoms with E-state index in [1.54, 1.807) is 25.6 Å². The molecule has 0 aliphatic heterocycles. The summed E-state index contributed by atoms with van der Waals surface area (Å²) in [6.07, 6.45) is 0.835. The van der Waals surface area contributed by atoms with Crippen molar-refractivity contribution in [1.82, 2.24) is 10.6 Å². The highest BCUT2D eigenvalue weighted by molar-refractivity contribution is 7.09. The van der Waals surface area contributed by atoms with Crippen molar-refractivity contribution >= 4 is 17.4 Å². The van der Waals surface area contributed by atoms with Crippen molar-refractivity contribution in [2.75, 3.05) is 20.8 Å². The summed E-state index contributed by atoms with van der Waals surface area (Å²) in [5.41, 5.74) is 0.875. The van der Waals surface area contributed by atoms with E-state index in [9.17, 15) is 4.79 Å². The van der Waals surface area contributed by atoms with Crippen molar-refractivity contribution in [3.8, 4) is 11.5 Å². The smallest absolute Gasteiger partial charge is 0.315 e. The van der Waals surface area contributed by atoms with Gasteiger partial charge in [-0.3, -0.25) is 0 Å². The van der Waals surface area contributed by atoms with Gasteiger partial charge in [-0.05, 0) is 43.0 Å². The molecule has 0 fully saturated rings. The Morgan fingerprint density at radius 3 is 2.74 bits per heavy atom. The van der Waals surface area contributed by atoms with Gasteiger partial charge >= 0.3 is 6.03 Å². The van der Waals surface area contributed by atoms with Crippen molar-refractivity contribution in [3.05, 3.63) is 46.2 Å². The zero-order chi connectivity index (χ0) is 16.7. The molecule has 2 N–H and O–H groups in total. The Balaban J connectivity index is 1.90. The molecule has 6 heteroatoms. The van der Waals surface area contributed by atoms with Crippen LogP contribution in [0.2, 0.25) is 0 Å². The molecular weight excluding hydrogens is 312 g/mol. The number of urea groups is 1. The van der Waals surface area contributed by atoms with E-state index in [4.69, 9.17) is 9.47 Å². The number of ether oxygens (including phenoxy) is 2. The highest BCUT2D eigenvalue weighted by Gasteiger charge is 2.15. The average Bonchev–Trinajstić information content (AvgIpc) is 3.07. The van der Waals surface area contributed by atoms with E-state index in [2.05, 4.69) is 16.7 Å². The van der Waals surface area contributed by atoms with Crippen LogP contribution in [0.3, 0.4) is 0 Å². The summed E-state index contributed by atoms with van der Waals surface area (Å²) in [7, 11) is 3.22. The molecule has 2 amide bonds. The summed E-state index contributed by atoms with van der Waals surface area (Å²) in [6.45, 7) is 2.52. The molecule has 1 aromatic heterocycles. The molecule has 0 saturated carbocycles. The van der Waals surface area contributed by atoms with Gasteiger partial charge in [0, 0.05) is 17.0 Å². The lowest BCUT2D eigenvalue weighted by molar-refractivity contribution is 0.238. The van der Waals surface area contributed by atoms with Crippen LogP contribution in [0.25, 0.3) is 0 Å². The summed E-state index contributed by atoms with van der Waals surface area (Å²) in [6, 6.07) is 9.22. The molecule has 1 atom stereocenters. The molecule has 5 nitrogen and oxygen atoms in total. The van der Waals surface area contributed by atoms with Crippen LogP contribution in [0.15, 0.2) is 35.7 Å². The first-order valence-electron chi connectivity index (χ1n) is 7.42. The van der Waals surface area contributed by atoms with Crippen LogP contribution in [0.5, 0.6) is 11.5 Å². The summed E-state index contributed by atoms with van der Waals surface area (Å²) < 4.78 is 10.6. The molecule has 0 radical (unpaired) electrons. The summed E-state index contributed by atoms with van der Waals surface area (Å²) in [5.74, 6) is 1.45. The Morgan fingerprint density at radius 1 is 1.26 bits per heavy atom. The molecule has 0 bridgehead atoms. The van der Waals surface area contributed by atoms with Gasteiger partial charge in [0.2, 0.25) is 0 Å². The van der Waals surface area contributed by atoms with Crippen molar-refractivity contribution in [1.29, 1.82) is 0 Å². The maximum absolute atomic E-state index is 12.0. The van der Waals surface area contributed by atoms with Crippen LogP contribution in [0, 0.1) is 0 Å². The van der Waals surface area contributed by atoms with E-state index in [0.29, 0.717) is 6.54 Å². The van der Waals surface area contributed by atoms with Gasteiger partial charge in [0.05, 0.1) is 20.3 Å². The molecule has 1 heterocycles. The predicted octanol–water partition coefficient (Wildman–Crippen LogP) is 3.37. The van der Waals surface area contributed by atoms with Gasteiger partial charge in [-0.2, -0.15) is 0 Å². The van der Waals surface area contributed by atoms with Crippen molar-refractivity contribution in [3.63, 3.8) is 0 Å². The number of nitrogens with one attached hydrogen (secondary N) is 2. The number of rotatable bonds is 7. The van der Waals surface area contributed by atoms with E-state index in [0.717, 1.165) is 23.5 Å². The third kappa shape index (κ3) is 4.89. The molecule has 0 saturated heterocycles. The van der Waals surface area contributed by atoms with Crippen LogP contribution in [0.4, 0.5) is 4.79 Å². The van der Waals surface area contributed by atoms with Crippen LogP contribution in [-0.4, -0.2) is 26.8 Å². The quantitative estimate of drug-likeness (QED) is 0.816. The van der Waals surface area contributed by atoms with Gasteiger partial charge < -0.3 is 20.1 Å². The number of thiophene rings is 1. The minimum atomic E-state index is -0.195. The maximum Gasteiger partial charge on any atom is 0.315 e. The van der Waals surface area contributed by atoms with E-state index >= 15 is 0 Å². The standard InChI is InChI=1S/C17H22N2O3S/c1-12(15-11-13(21-2)6-7-16(15)22-3)19-17(20)18-9-8-14-5-4-10-23-14/h4-7,10-12H,8-9H2,1-3H3,(H2,18,19,20)/t12-/m0/s1. The Kier molecular flexibility index (Phi) is 6.29. The first-order chi connectivity index (χ1) is 11.1. The van der Waals surface area contributed by atoms with Crippen molar-refractivity contribution < 1.29 is 14.3 Å². The zero-order valence-electron chi connectivity index (χ0n) is 13.6. The van der Waals surface area contributed by atoms with Gasteiger partial charge in [0.15, 0.2) is 0 Å². The second-order valence-corrected chi connectivity index (χ2v) is 6.09. The predicted molar refractivity (Wildman–Crippen MR) is 92.5 cm³/mol. The van der Waals surface area contributed by atoms with Crippen LogP contribution in [-0.2, 0) is 6.42 Å². The van der Waals surface area contributed by atoms with Crippen molar-refractivity contribution in [2.45, 2.75) is 19.4 Å². The number of hydrogen-bond acceptors (Lipinski definition) is 4. The number of amides is 2. The second kappa shape index (κ2) is 8.43. The van der Waals surface area contributed by atoms with E-state index in [-0.39, 0.29) is 12.1 Å². The largest absolute Gasteiger partial charge is 0.497 e. The number of carbonyl (C=O) groups is 1. The SMILES string of the molecule is COc1ccc(OC)c([C@H](C)NC(=O)NCCc2cccs2)c1. The fourth-order valence-electron chi connectivity index (χ4n) is 2.26. The van der Waals surface area contributed by atoms with Gasteiger partial charge in [-0.1, -0.05) is 6.07 Å². The molecule has 0 spiro atoms. The Bertz CT molecular complexity index is 629. The highest BCUT2D eigenvalue weighted by Crippen LogP contribution is 2.29. The number of benzene rings is 1. The average molecular weight is 334 g/mol. The summed E-state index contributed by atoms with van der Waals surface area (Å²) in [4.78, 5) is 13.3. The fourth-order valence-corrected chi connectivity index (χ4v) is 2.97. The topological polar surface area (TPSA) is 59.6 Å². The highest BCUT2D eigenvalue weighted by atomic mass is 32.1. The molecular formula is C17H22N2O3S. The molecule has 23 heavy (non-hydrogen) atoms. The molecule has 0 unspecified atom stereocenters. The molecule has 1 aromatic carbocycles. The van der Waals surface area contributed by atoms with E-state index in [1.165, 1.54) is 4.88 Å². The molecule has 2 rings (SSSR count). The monoisotopic (exact) mass is 334 g/mol. The Morgan fingerprint density at radius 2 is 2.09 bits per heavy atom. The number of methoxy groups -OCH3 is 2. The van der Waals surface area contributed by atoms with Gasteiger partial charge in [0.1, 0.15) is 11.5 Å². The lowest BCUT2D eigenvalue weighted by Gasteiger charge is -2.18. The minimum absolute atomic E-state index is 0.193. The Hall–Kier alpha value is -2.21. The molecule has 0 aliphatic rings. The van der Waals surface area contributed by atoms with Gasteiger partial charge in [0.25, 0.3) is 0 Å². The van der Waals surface area contributed by atoms with E-state index < -0.39 is 0 Å². The van der Waals surface area contributed by atoms with Crippen molar-refractivity contribution in [2.24, 2.45) is 0 Å². The van der Waals surface area contributed by atoms with Crippen LogP contribution in [0.1, 0.15) is 23.4 Å². The second-order valence-electron chi connectivity index (χ2n) is 5.06. The third-order valence-corrected chi connectivity index (χ3v) is 4.42. The van der Waals surface area contributed by atoms with Crippen LogP contribution < -0.4 is 20.1 Å². The summed E-state index contributed by atoms with van der Waals surface area (Å²) >= 11 is 1.69. The normalized spacial score (nSPS) is 11.6. The summed E-state index contributed by atoms with van der Waals surface area (Å²) in [5, 5.41) is 7.83. The Labute approximate surface area is 140 Å². The van der Waals surface area contributed by atoms with Gasteiger partial charge in [-0.15, -0.1) is 11.3 Å². The molecule has 124 valence electrons. The number of carbonyl (C=O) groups excluding carboxylic acids is 1. The van der Waals surface area contributed by atoms with Crippen LogP contribution >= 0.6 is 11.3 Å². The van der Waals surface area contributed by atoms with E-state index in [1.807, 2.05) is 36.6 Å². The fraction of sp³-hybridized carbons (Fsp3) is 0.353. The number of hydrogen-bond donors (Lipinski definition) is 2. The lowest BCUT2D eigenvalue weighted by Crippen LogP contribution is -2.38. The first kappa shape index (κ1) is 17.1. The molecule has 0 aliphatic carbocycles. The first-order valence-corrected chi connectivity index (χ1v) is 8.30. The maximum atomic E-state index is 12.0. The molecule has 2 aromatic rings. The van der Waals surface area contributed by atoms with Gasteiger partial charge in [-0.25, -0.2) is 4.79 Å². The minimum Gasteiger partial charge on any atom is -0.497 e. The third-order valence-electron chi connectivity index (χ3n) is 3.49. The lowest BCUT2D eigenvalue weighted by atomic mass is 10.1. The zero-order valence-corrected chi connectivity index (χ0v) is 14.4.